The summed E-state index contributed by atoms with van der Waals surface area (Å²) in [5.74, 6) is -12.5. The minimum absolute atomic E-state index is 0.0165. The second kappa shape index (κ2) is 38.3. The molecule has 0 aliphatic carbocycles. The van der Waals surface area contributed by atoms with Crippen LogP contribution in [0.25, 0.3) is 24.3 Å². The molecule has 640 valence electrons. The van der Waals surface area contributed by atoms with Gasteiger partial charge in [0.25, 0.3) is 11.9 Å². The van der Waals surface area contributed by atoms with E-state index in [1.807, 2.05) is 0 Å². The van der Waals surface area contributed by atoms with Gasteiger partial charge in [-0.15, -0.1) is 0 Å². The molecule has 6 aliphatic rings. The Bertz CT molecular complexity index is 4510. The highest BCUT2D eigenvalue weighted by Crippen LogP contribution is 2.48. The second-order valence-corrected chi connectivity index (χ2v) is 27.4. The van der Waals surface area contributed by atoms with Crippen LogP contribution in [0.4, 0.5) is 0 Å². The van der Waals surface area contributed by atoms with Gasteiger partial charge in [0.1, 0.15) is 153 Å². The Kier molecular flexibility index (Phi) is 28.5. The number of esters is 4. The Labute approximate surface area is 663 Å². The van der Waals surface area contributed by atoms with Crippen LogP contribution in [0.15, 0.2) is 109 Å². The molecule has 0 aromatic heterocycles. The van der Waals surface area contributed by atoms with Crippen molar-refractivity contribution in [1.82, 2.24) is 0 Å². The van der Waals surface area contributed by atoms with Gasteiger partial charge in [-0.3, -0.25) is 9.59 Å². The molecule has 5 saturated heterocycles. The fraction of sp³-hybridized carbons (Fsp3) is 0.427. The number of aliphatic hydroxyl groups excluding tert-OH is 15. The summed E-state index contributed by atoms with van der Waals surface area (Å²) in [5, 5.41) is 246. The molecule has 43 heteroatoms. The van der Waals surface area contributed by atoms with Crippen LogP contribution in [-0.4, -0.2) is 339 Å². The van der Waals surface area contributed by atoms with Gasteiger partial charge in [-0.25, -0.2) is 14.4 Å². The molecule has 0 saturated carbocycles. The number of hydrogen-bond donors (Lipinski definition) is 23. The lowest BCUT2D eigenvalue weighted by Gasteiger charge is -2.46. The van der Waals surface area contributed by atoms with Gasteiger partial charge in [-0.05, 0) is 89.5 Å². The summed E-state index contributed by atoms with van der Waals surface area (Å²) in [6.45, 7) is -4.44. The van der Waals surface area contributed by atoms with Gasteiger partial charge in [0.2, 0.25) is 25.2 Å². The van der Waals surface area contributed by atoms with E-state index in [4.69, 9.17) is 76.2 Å². The Hall–Kier alpha value is -10.8. The number of phenols is 7. The number of phenolic OH excluding ortho intramolecular Hbond substituents is 7. The van der Waals surface area contributed by atoms with E-state index in [-0.39, 0.29) is 39.3 Å². The number of carboxylic acid groups (broad SMARTS) is 1. The highest BCUT2D eigenvalue weighted by atomic mass is 16.8. The predicted molar refractivity (Wildman–Crippen MR) is 382 cm³/mol. The van der Waals surface area contributed by atoms with E-state index in [1.165, 1.54) is 36.4 Å². The van der Waals surface area contributed by atoms with Crippen molar-refractivity contribution in [3.63, 3.8) is 0 Å². The summed E-state index contributed by atoms with van der Waals surface area (Å²) < 4.78 is 84.3. The van der Waals surface area contributed by atoms with Gasteiger partial charge in [0.05, 0.1) is 24.8 Å². The number of rotatable bonds is 28. The predicted octanol–water partition coefficient (Wildman–Crippen LogP) is -5.04. The molecule has 5 aromatic carbocycles. The van der Waals surface area contributed by atoms with Crippen molar-refractivity contribution in [1.29, 1.82) is 0 Å². The maximum Gasteiger partial charge on any atom is 0.331 e. The molecule has 0 radical (unpaired) electrons. The van der Waals surface area contributed by atoms with Crippen molar-refractivity contribution >= 4 is 54.2 Å². The van der Waals surface area contributed by atoms with E-state index in [0.29, 0.717) is 6.08 Å². The number of carboxylic acids is 1. The van der Waals surface area contributed by atoms with Gasteiger partial charge in [0, 0.05) is 30.4 Å². The van der Waals surface area contributed by atoms with Crippen LogP contribution in [-0.2, 0) is 76.1 Å². The molecule has 26 atom stereocenters. The fourth-order valence-electron chi connectivity index (χ4n) is 12.7. The maximum absolute atomic E-state index is 13.9. The smallest absolute Gasteiger partial charge is 0.331 e. The van der Waals surface area contributed by atoms with Crippen molar-refractivity contribution in [2.24, 2.45) is 0 Å². The molecule has 5 aromatic rings. The maximum atomic E-state index is 13.9. The fourth-order valence-corrected chi connectivity index (χ4v) is 12.7. The number of benzene rings is 5. The first-order chi connectivity index (χ1) is 56.1. The molecule has 24 N–H and O–H groups in total. The van der Waals surface area contributed by atoms with Gasteiger partial charge in [-0.2, -0.15) is 0 Å². The first-order valence-corrected chi connectivity index (χ1v) is 35.7. The molecule has 0 bridgehead atoms. The summed E-state index contributed by atoms with van der Waals surface area (Å²) in [6.07, 6.45) is -44.8. The van der Waals surface area contributed by atoms with Crippen molar-refractivity contribution in [2.45, 2.75) is 166 Å². The van der Waals surface area contributed by atoms with Gasteiger partial charge in [-0.1, -0.05) is 18.2 Å². The Morgan fingerprint density at radius 3 is 1.30 bits per heavy atom. The lowest BCUT2D eigenvalue weighted by atomic mass is 9.96. The quantitative estimate of drug-likeness (QED) is 0.00557. The van der Waals surface area contributed by atoms with E-state index in [9.17, 15) is 136 Å². The highest BCUT2D eigenvalue weighted by Gasteiger charge is 2.55. The average Bonchev–Trinajstić information content (AvgIpc) is 0.757. The van der Waals surface area contributed by atoms with Gasteiger partial charge >= 0.3 is 29.8 Å². The molecule has 118 heavy (non-hydrogen) atoms. The number of fused-ring (bicyclic) bond motifs is 1. The number of ether oxygens (including phenoxy) is 15. The summed E-state index contributed by atoms with van der Waals surface area (Å²) in [5.41, 5.74) is 0.111. The number of carbonyl (C=O) groups is 5. The molecule has 0 amide bonds. The number of carbonyl (C=O) groups excluding carboxylic acids is 4. The zero-order valence-electron chi connectivity index (χ0n) is 60.9. The second-order valence-electron chi connectivity index (χ2n) is 27.4. The zero-order valence-corrected chi connectivity index (χ0v) is 60.9. The van der Waals surface area contributed by atoms with Crippen molar-refractivity contribution in [2.75, 3.05) is 33.0 Å². The minimum atomic E-state index is -2.34. The number of aromatic hydroxyl groups is 8. The summed E-state index contributed by atoms with van der Waals surface area (Å²) >= 11 is 0. The standard InChI is InChI=1S/C75H82O43/c76-23-45-55(91)60(96)65(101)71(112-45)108-40-10-2-29(16-38(40)83)5-13-52(88)104-25-47-57(93)61(97)66(102)72(114-47)109-41-11-3-30(17-39(41)84)6-14-53(89)117-69-63(99)56(92)46(24-77)113-75(69)118-70-64(100)59(95)49(26-105-51(87)12-4-28-1-8-34(79)36(81)15-28)116-74(70)111-44-21-33-42(107-68(44)31-7-9-35(80)37(82)18-31)19-32(78)20-43(33)110-73-67(103)62(98)58(94)48(115-73)27-106-54(90)22-50(85)86/h1-21,45-49,55-84,91-103H,22-27H2,(H,85,86)/p+1/b12-4+,13-5+,14-6-/t45-,46+,47-,48+,49+,55-,56+,57-,58+,59+,60+,61+,62-,63-,64-,65-,66-,67+,68?,69+,70+,71-,72-,73+,74+,75-/m0/s1. The lowest BCUT2D eigenvalue weighted by molar-refractivity contribution is -0.364. The van der Waals surface area contributed by atoms with E-state index in [0.717, 1.165) is 85.0 Å². The van der Waals surface area contributed by atoms with Crippen LogP contribution in [0.2, 0.25) is 0 Å². The normalized spacial score (nSPS) is 32.2. The third-order valence-electron chi connectivity index (χ3n) is 19.1. The molecule has 1 unspecified atom stereocenters. The largest absolute Gasteiger partial charge is 0.571 e. The number of hydrogen-bond acceptors (Lipinski definition) is 41. The van der Waals surface area contributed by atoms with Crippen LogP contribution < -0.4 is 14.2 Å². The number of aliphatic hydroxyl groups is 16. The van der Waals surface area contributed by atoms with E-state index < -0.39 is 286 Å². The molecule has 11 rings (SSSR count). The molecular weight excluding hydrogens is 1590 g/mol. The highest BCUT2D eigenvalue weighted by molar-refractivity contribution is 5.90. The summed E-state index contributed by atoms with van der Waals surface area (Å²) in [6, 6.07) is 15.8. The molecule has 6 heterocycles. The number of aliphatic carboxylic acids is 1. The SMILES string of the molecule is O=C(O)CC(=O)OC[C@H]1O[C@@H](Oc2cc(O)cc3c2C=C(O[C@@H]2O[C@H](COC(=O)/C=C/c4ccc(O)c(O)c4)[C@@H](O)[C@H](O)[C@H]2O[C@@H]2O[C@H](CO)[C@@H](O)[C@H](O)[C@H]2OC(=O)/C=C\c2ccc(O[C@H]4O[C@@H](COC(=O)/C=C/c5ccc(O[C@H]6O[C@@H](CO)[C@H](O)[C@@H](O)[C@@H]6O)c(O)c5)[C@H](O)[C@@H](O)[C@@H]4O)c(O)c2)C(c2ccc(O)c(O)c2)[OH+]3)[C@H](O)[C@@H](O)[C@@H]1O. The first kappa shape index (κ1) is 88.0. The van der Waals surface area contributed by atoms with Crippen molar-refractivity contribution in [3.05, 3.63) is 137 Å². The Morgan fingerprint density at radius 1 is 0.390 bits per heavy atom. The summed E-state index contributed by atoms with van der Waals surface area (Å²) in [4.78, 5) is 63.3. The molecule has 43 nitrogen and oxygen atoms in total. The van der Waals surface area contributed by atoms with Gasteiger partial charge < -0.3 is 189 Å². The lowest BCUT2D eigenvalue weighted by Crippen LogP contribution is -2.65. The Balaban J connectivity index is 0.808. The average molecular weight is 1670 g/mol. The third-order valence-corrected chi connectivity index (χ3v) is 19.1. The zero-order chi connectivity index (χ0) is 85.4. The van der Waals surface area contributed by atoms with Crippen LogP contribution in [0.3, 0.4) is 0 Å². The van der Waals surface area contributed by atoms with Gasteiger partial charge in [0.15, 0.2) is 70.3 Å². The van der Waals surface area contributed by atoms with Crippen molar-refractivity contribution < 1.29 is 212 Å². The monoisotopic (exact) mass is 1670 g/mol. The summed E-state index contributed by atoms with van der Waals surface area (Å²) in [7, 11) is 0. The Morgan fingerprint density at radius 2 is 0.805 bits per heavy atom. The molecule has 6 aliphatic heterocycles. The molecule has 0 spiro atoms. The topological polar surface area (TPSA) is 693 Å². The van der Waals surface area contributed by atoms with Crippen LogP contribution >= 0.6 is 0 Å². The molecular formula is C75H83O43+. The third kappa shape index (κ3) is 20.6. The van der Waals surface area contributed by atoms with Crippen LogP contribution in [0, 0.1) is 0 Å². The molecule has 5 fully saturated rings. The van der Waals surface area contributed by atoms with Crippen molar-refractivity contribution in [3.8, 4) is 63.2 Å². The van der Waals surface area contributed by atoms with E-state index in [1.54, 1.807) is 0 Å². The van der Waals surface area contributed by atoms with Crippen LogP contribution in [0.5, 0.6) is 63.2 Å². The minimum Gasteiger partial charge on any atom is -0.571 e. The van der Waals surface area contributed by atoms with E-state index in [2.05, 4.69) is 0 Å². The van der Waals surface area contributed by atoms with Crippen LogP contribution in [0.1, 0.15) is 40.3 Å². The first-order valence-electron chi connectivity index (χ1n) is 35.7. The van der Waals surface area contributed by atoms with E-state index >= 15 is 0 Å².